The molecule has 0 bridgehead atoms. The molecule has 0 saturated heterocycles. The third-order valence-corrected chi connectivity index (χ3v) is 4.73. The quantitative estimate of drug-likeness (QED) is 0.763. The Bertz CT molecular complexity index is 543. The molecule has 0 aliphatic heterocycles. The Kier molecular flexibility index (Phi) is 5.67. The maximum Gasteiger partial charge on any atom is 0.282 e. The summed E-state index contributed by atoms with van der Waals surface area (Å²) in [5, 5.41) is 0. The van der Waals surface area contributed by atoms with Crippen molar-refractivity contribution in [3.05, 3.63) is 35.9 Å². The summed E-state index contributed by atoms with van der Waals surface area (Å²) in [6.07, 6.45) is 0. The van der Waals surface area contributed by atoms with Gasteiger partial charge in [0.1, 0.15) is 0 Å². The maximum absolute atomic E-state index is 12.3. The zero-order chi connectivity index (χ0) is 15.3. The highest BCUT2D eigenvalue weighted by atomic mass is 32.2. The van der Waals surface area contributed by atoms with Gasteiger partial charge in [-0.15, -0.1) is 0 Å². The molecule has 0 spiro atoms. The van der Waals surface area contributed by atoms with E-state index in [9.17, 15) is 13.2 Å². The zero-order valence-corrected chi connectivity index (χ0v) is 13.1. The SMILES string of the molecule is CN(C)C(=O)CN(C)S(=O)(=O)N(C)Cc1ccccc1. The number of rotatable bonds is 6. The fourth-order valence-corrected chi connectivity index (χ4v) is 2.64. The molecule has 112 valence electrons. The van der Waals surface area contributed by atoms with Gasteiger partial charge in [0, 0.05) is 34.7 Å². The summed E-state index contributed by atoms with van der Waals surface area (Å²) < 4.78 is 26.8. The molecule has 20 heavy (non-hydrogen) atoms. The molecule has 0 unspecified atom stereocenters. The molecule has 1 amide bonds. The van der Waals surface area contributed by atoms with Crippen LogP contribution >= 0.6 is 0 Å². The second-order valence-corrected chi connectivity index (χ2v) is 6.94. The molecule has 0 atom stereocenters. The van der Waals surface area contributed by atoms with E-state index >= 15 is 0 Å². The van der Waals surface area contributed by atoms with E-state index in [-0.39, 0.29) is 19.0 Å². The fourth-order valence-electron chi connectivity index (χ4n) is 1.57. The molecular formula is C13H21N3O3S. The molecule has 0 aromatic heterocycles. The predicted octanol–water partition coefficient (Wildman–Crippen LogP) is 0.383. The van der Waals surface area contributed by atoms with Gasteiger partial charge in [-0.05, 0) is 5.56 Å². The Morgan fingerprint density at radius 2 is 1.55 bits per heavy atom. The van der Waals surface area contributed by atoms with Gasteiger partial charge in [-0.2, -0.15) is 17.0 Å². The van der Waals surface area contributed by atoms with Crippen LogP contribution in [0.15, 0.2) is 30.3 Å². The average Bonchev–Trinajstić information content (AvgIpc) is 2.39. The van der Waals surface area contributed by atoms with Crippen molar-refractivity contribution in [2.75, 3.05) is 34.7 Å². The van der Waals surface area contributed by atoms with Crippen LogP contribution in [0.2, 0.25) is 0 Å². The summed E-state index contributed by atoms with van der Waals surface area (Å²) >= 11 is 0. The van der Waals surface area contributed by atoms with Crippen molar-refractivity contribution < 1.29 is 13.2 Å². The van der Waals surface area contributed by atoms with Crippen molar-refractivity contribution in [3.63, 3.8) is 0 Å². The van der Waals surface area contributed by atoms with Gasteiger partial charge in [0.05, 0.1) is 6.54 Å². The van der Waals surface area contributed by atoms with Gasteiger partial charge in [-0.3, -0.25) is 4.79 Å². The third kappa shape index (κ3) is 4.29. The lowest BCUT2D eigenvalue weighted by atomic mass is 10.2. The minimum absolute atomic E-state index is 0.172. The predicted molar refractivity (Wildman–Crippen MR) is 78.2 cm³/mol. The molecule has 0 heterocycles. The van der Waals surface area contributed by atoms with Crippen molar-refractivity contribution in [2.24, 2.45) is 0 Å². The average molecular weight is 299 g/mol. The molecule has 1 rings (SSSR count). The first kappa shape index (κ1) is 16.6. The number of likely N-dealkylation sites (N-methyl/N-ethyl adjacent to an activating group) is 2. The molecule has 0 N–H and O–H groups in total. The van der Waals surface area contributed by atoms with E-state index in [0.717, 1.165) is 9.87 Å². The van der Waals surface area contributed by atoms with Crippen molar-refractivity contribution in [1.82, 2.24) is 13.5 Å². The van der Waals surface area contributed by atoms with Crippen LogP contribution in [0.3, 0.4) is 0 Å². The summed E-state index contributed by atoms with van der Waals surface area (Å²) in [6.45, 7) is 0.0954. The van der Waals surface area contributed by atoms with Crippen LogP contribution in [0.4, 0.5) is 0 Å². The van der Waals surface area contributed by atoms with Crippen LogP contribution in [0, 0.1) is 0 Å². The summed E-state index contributed by atoms with van der Waals surface area (Å²) in [6, 6.07) is 9.30. The van der Waals surface area contributed by atoms with E-state index in [1.54, 1.807) is 14.1 Å². The first-order chi connectivity index (χ1) is 9.25. The van der Waals surface area contributed by atoms with Crippen LogP contribution in [-0.4, -0.2) is 62.6 Å². The van der Waals surface area contributed by atoms with Crippen molar-refractivity contribution in [1.29, 1.82) is 0 Å². The standard InChI is InChI=1S/C13H21N3O3S/c1-14(2)13(17)11-16(4)20(18,19)15(3)10-12-8-6-5-7-9-12/h5-9H,10-11H2,1-4H3. The second-order valence-electron chi connectivity index (χ2n) is 4.79. The monoisotopic (exact) mass is 299 g/mol. The van der Waals surface area contributed by atoms with Gasteiger partial charge < -0.3 is 4.90 Å². The number of nitrogens with zero attached hydrogens (tertiary/aromatic N) is 3. The highest BCUT2D eigenvalue weighted by Crippen LogP contribution is 2.10. The lowest BCUT2D eigenvalue weighted by Crippen LogP contribution is -2.44. The second kappa shape index (κ2) is 6.83. The van der Waals surface area contributed by atoms with Crippen LogP contribution < -0.4 is 0 Å². The van der Waals surface area contributed by atoms with Gasteiger partial charge in [0.15, 0.2) is 0 Å². The minimum Gasteiger partial charge on any atom is -0.348 e. The molecule has 0 aliphatic carbocycles. The first-order valence-corrected chi connectivity index (χ1v) is 7.56. The lowest BCUT2D eigenvalue weighted by Gasteiger charge is -2.25. The van der Waals surface area contributed by atoms with E-state index in [4.69, 9.17) is 0 Å². The first-order valence-electron chi connectivity index (χ1n) is 6.17. The van der Waals surface area contributed by atoms with Gasteiger partial charge in [0.25, 0.3) is 10.2 Å². The number of benzene rings is 1. The fraction of sp³-hybridized carbons (Fsp3) is 0.462. The van der Waals surface area contributed by atoms with Crippen LogP contribution in [0.1, 0.15) is 5.56 Å². The maximum atomic E-state index is 12.3. The summed E-state index contributed by atoms with van der Waals surface area (Å²) in [4.78, 5) is 12.9. The van der Waals surface area contributed by atoms with Crippen LogP contribution in [0.25, 0.3) is 0 Å². The highest BCUT2D eigenvalue weighted by Gasteiger charge is 2.25. The van der Waals surface area contributed by atoms with Gasteiger partial charge >= 0.3 is 0 Å². The summed E-state index contributed by atoms with van der Waals surface area (Å²) in [7, 11) is 2.44. The molecule has 6 nitrogen and oxygen atoms in total. The van der Waals surface area contributed by atoms with Crippen molar-refractivity contribution in [3.8, 4) is 0 Å². The molecule has 7 heteroatoms. The number of hydrogen-bond donors (Lipinski definition) is 0. The van der Waals surface area contributed by atoms with Gasteiger partial charge in [0.2, 0.25) is 5.91 Å². The molecule has 0 radical (unpaired) electrons. The van der Waals surface area contributed by atoms with Gasteiger partial charge in [-0.1, -0.05) is 30.3 Å². The summed E-state index contributed by atoms with van der Waals surface area (Å²) in [5.41, 5.74) is 0.894. The normalized spacial score (nSPS) is 11.9. The number of amides is 1. The van der Waals surface area contributed by atoms with E-state index < -0.39 is 10.2 Å². The number of hydrogen-bond acceptors (Lipinski definition) is 3. The molecule has 0 fully saturated rings. The smallest absolute Gasteiger partial charge is 0.282 e. The lowest BCUT2D eigenvalue weighted by molar-refractivity contribution is -0.128. The Morgan fingerprint density at radius 3 is 2.05 bits per heavy atom. The van der Waals surface area contributed by atoms with Crippen LogP contribution in [-0.2, 0) is 21.5 Å². The van der Waals surface area contributed by atoms with E-state index in [1.807, 2.05) is 30.3 Å². The molecule has 0 saturated carbocycles. The van der Waals surface area contributed by atoms with Crippen LogP contribution in [0.5, 0.6) is 0 Å². The topological polar surface area (TPSA) is 60.9 Å². The van der Waals surface area contributed by atoms with E-state index in [2.05, 4.69) is 0 Å². The number of carbonyl (C=O) groups is 1. The van der Waals surface area contributed by atoms with Gasteiger partial charge in [-0.25, -0.2) is 0 Å². The minimum atomic E-state index is -3.65. The Morgan fingerprint density at radius 1 is 1.00 bits per heavy atom. The third-order valence-electron chi connectivity index (χ3n) is 2.89. The molecule has 1 aromatic carbocycles. The molecule has 0 aliphatic rings. The van der Waals surface area contributed by atoms with Crippen molar-refractivity contribution >= 4 is 16.1 Å². The molecule has 1 aromatic rings. The number of carbonyl (C=O) groups excluding carboxylic acids is 1. The Balaban J connectivity index is 2.74. The van der Waals surface area contributed by atoms with E-state index in [1.165, 1.54) is 23.3 Å². The Labute approximate surface area is 120 Å². The van der Waals surface area contributed by atoms with Crippen molar-refractivity contribution in [2.45, 2.75) is 6.54 Å². The molecular weight excluding hydrogens is 278 g/mol. The summed E-state index contributed by atoms with van der Waals surface area (Å²) in [5.74, 6) is -0.260. The highest BCUT2D eigenvalue weighted by molar-refractivity contribution is 7.86. The largest absolute Gasteiger partial charge is 0.348 e. The zero-order valence-electron chi connectivity index (χ0n) is 12.3. The Hall–Kier alpha value is -1.44. The van der Waals surface area contributed by atoms with E-state index in [0.29, 0.717) is 0 Å².